The second kappa shape index (κ2) is 5.99. The lowest BCUT2D eigenvalue weighted by Crippen LogP contribution is -2.12. The van der Waals surface area contributed by atoms with E-state index in [9.17, 15) is 8.42 Å². The van der Waals surface area contributed by atoms with Gasteiger partial charge in [0.15, 0.2) is 8.68 Å². The van der Waals surface area contributed by atoms with Crippen LogP contribution < -0.4 is 9.46 Å². The van der Waals surface area contributed by atoms with Gasteiger partial charge in [0.2, 0.25) is 0 Å². The molecule has 0 fully saturated rings. The lowest BCUT2D eigenvalue weighted by molar-refractivity contribution is 0.340. The number of sulfonamides is 1. The summed E-state index contributed by atoms with van der Waals surface area (Å²) in [6, 6.07) is 5.16. The van der Waals surface area contributed by atoms with Gasteiger partial charge in [0, 0.05) is 0 Å². The minimum atomic E-state index is -3.66. The largest absolute Gasteiger partial charge is 0.494 e. The van der Waals surface area contributed by atoms with E-state index in [-0.39, 0.29) is 8.68 Å². The molecular formula is C12H13ClN2O3S2. The third-order valence-corrected chi connectivity index (χ3v) is 5.42. The van der Waals surface area contributed by atoms with Crippen molar-refractivity contribution < 1.29 is 13.2 Å². The number of halogens is 1. The topological polar surface area (TPSA) is 68.3 Å². The highest BCUT2D eigenvalue weighted by Gasteiger charge is 2.18. The van der Waals surface area contributed by atoms with E-state index in [1.165, 1.54) is 6.20 Å². The highest BCUT2D eigenvalue weighted by atomic mass is 35.5. The maximum absolute atomic E-state index is 12.1. The van der Waals surface area contributed by atoms with Crippen LogP contribution in [-0.4, -0.2) is 20.0 Å². The summed E-state index contributed by atoms with van der Waals surface area (Å²) in [5.74, 6) is 0.703. The molecule has 0 amide bonds. The van der Waals surface area contributed by atoms with Crippen LogP contribution in [0, 0.1) is 6.92 Å². The van der Waals surface area contributed by atoms with Gasteiger partial charge in [-0.05, 0) is 37.6 Å². The van der Waals surface area contributed by atoms with Gasteiger partial charge in [-0.3, -0.25) is 4.72 Å². The van der Waals surface area contributed by atoms with Crippen molar-refractivity contribution in [1.29, 1.82) is 0 Å². The fourth-order valence-electron chi connectivity index (χ4n) is 1.57. The molecule has 2 rings (SSSR count). The highest BCUT2D eigenvalue weighted by Crippen LogP contribution is 2.27. The van der Waals surface area contributed by atoms with E-state index in [1.54, 1.807) is 25.1 Å². The van der Waals surface area contributed by atoms with Gasteiger partial charge in [-0.25, -0.2) is 13.4 Å². The summed E-state index contributed by atoms with van der Waals surface area (Å²) in [7, 11) is -3.66. The summed E-state index contributed by atoms with van der Waals surface area (Å²) >= 11 is 6.57. The van der Waals surface area contributed by atoms with Gasteiger partial charge in [0.05, 0.1) is 18.5 Å². The summed E-state index contributed by atoms with van der Waals surface area (Å²) in [4.78, 5) is 3.73. The Morgan fingerprint density at radius 3 is 2.75 bits per heavy atom. The Labute approximate surface area is 126 Å². The lowest BCUT2D eigenvalue weighted by Gasteiger charge is -2.11. The van der Waals surface area contributed by atoms with E-state index in [0.717, 1.165) is 16.9 Å². The molecule has 108 valence electrons. The minimum Gasteiger partial charge on any atom is -0.494 e. The molecule has 2 aromatic rings. The van der Waals surface area contributed by atoms with E-state index >= 15 is 0 Å². The summed E-state index contributed by atoms with van der Waals surface area (Å²) in [6.45, 7) is 4.25. The van der Waals surface area contributed by atoms with E-state index < -0.39 is 10.0 Å². The summed E-state index contributed by atoms with van der Waals surface area (Å²) in [5.41, 5.74) is 1.27. The third kappa shape index (κ3) is 3.41. The van der Waals surface area contributed by atoms with Crippen molar-refractivity contribution in [2.24, 2.45) is 0 Å². The average molecular weight is 333 g/mol. The fourth-order valence-corrected chi connectivity index (χ4v) is 3.99. The Morgan fingerprint density at radius 1 is 1.45 bits per heavy atom. The zero-order valence-corrected chi connectivity index (χ0v) is 13.3. The maximum Gasteiger partial charge on any atom is 0.273 e. The first-order valence-corrected chi connectivity index (χ1v) is 8.47. The molecule has 0 unspecified atom stereocenters. The van der Waals surface area contributed by atoms with Crippen LogP contribution in [0.15, 0.2) is 28.6 Å². The van der Waals surface area contributed by atoms with Crippen LogP contribution >= 0.6 is 22.9 Å². The number of rotatable bonds is 5. The molecule has 8 heteroatoms. The molecular weight excluding hydrogens is 320 g/mol. The smallest absolute Gasteiger partial charge is 0.273 e. The van der Waals surface area contributed by atoms with Gasteiger partial charge in [-0.2, -0.15) is 0 Å². The van der Waals surface area contributed by atoms with Crippen molar-refractivity contribution in [3.05, 3.63) is 34.4 Å². The van der Waals surface area contributed by atoms with E-state index in [1.807, 2.05) is 6.92 Å². The molecule has 0 spiro atoms. The van der Waals surface area contributed by atoms with Gasteiger partial charge in [-0.15, -0.1) is 0 Å². The van der Waals surface area contributed by atoms with E-state index in [4.69, 9.17) is 16.3 Å². The first-order valence-electron chi connectivity index (χ1n) is 5.80. The molecule has 1 N–H and O–H groups in total. The van der Waals surface area contributed by atoms with Crippen LogP contribution in [0.4, 0.5) is 5.69 Å². The van der Waals surface area contributed by atoms with Crippen molar-refractivity contribution in [3.63, 3.8) is 0 Å². The predicted octanol–water partition coefficient (Wildman–Crippen LogP) is 3.30. The number of thiazole rings is 1. The number of anilines is 1. The standard InChI is InChI=1S/C12H13ClN2O3S2/c1-3-18-9-4-5-10(8(2)6-9)15-20(16,17)11-7-14-12(13)19-11/h4-7,15H,3H2,1-2H3. The van der Waals surface area contributed by atoms with E-state index in [0.29, 0.717) is 18.0 Å². The monoisotopic (exact) mass is 332 g/mol. The number of aryl methyl sites for hydroxylation is 1. The number of hydrogen-bond acceptors (Lipinski definition) is 5. The summed E-state index contributed by atoms with van der Waals surface area (Å²) in [6.07, 6.45) is 1.24. The zero-order chi connectivity index (χ0) is 14.8. The zero-order valence-electron chi connectivity index (χ0n) is 10.9. The summed E-state index contributed by atoms with van der Waals surface area (Å²) < 4.78 is 32.4. The number of benzene rings is 1. The summed E-state index contributed by atoms with van der Waals surface area (Å²) in [5, 5.41) is 0. The molecule has 1 aromatic carbocycles. The van der Waals surface area contributed by atoms with Crippen LogP contribution in [0.5, 0.6) is 5.75 Å². The van der Waals surface area contributed by atoms with Crippen molar-refractivity contribution >= 4 is 38.6 Å². The molecule has 20 heavy (non-hydrogen) atoms. The van der Waals surface area contributed by atoms with Crippen molar-refractivity contribution in [2.45, 2.75) is 18.1 Å². The molecule has 0 saturated heterocycles. The number of nitrogens with zero attached hydrogens (tertiary/aromatic N) is 1. The van der Waals surface area contributed by atoms with E-state index in [2.05, 4.69) is 9.71 Å². The molecule has 0 radical (unpaired) electrons. The van der Waals surface area contributed by atoms with Gasteiger partial charge in [-0.1, -0.05) is 22.9 Å². The number of nitrogens with one attached hydrogen (secondary N) is 1. The predicted molar refractivity (Wildman–Crippen MR) is 80.3 cm³/mol. The van der Waals surface area contributed by atoms with Gasteiger partial charge >= 0.3 is 0 Å². The second-order valence-corrected chi connectivity index (χ2v) is 7.47. The van der Waals surface area contributed by atoms with Crippen LogP contribution in [0.2, 0.25) is 4.47 Å². The second-order valence-electron chi connectivity index (χ2n) is 3.95. The molecule has 0 atom stereocenters. The molecule has 1 aromatic heterocycles. The molecule has 0 saturated carbocycles. The van der Waals surface area contributed by atoms with Gasteiger partial charge in [0.1, 0.15) is 5.75 Å². The van der Waals surface area contributed by atoms with Crippen molar-refractivity contribution in [1.82, 2.24) is 4.98 Å². The Morgan fingerprint density at radius 2 is 2.20 bits per heavy atom. The third-order valence-electron chi connectivity index (χ3n) is 2.47. The Balaban J connectivity index is 2.25. The molecule has 0 aliphatic heterocycles. The minimum absolute atomic E-state index is 0.0794. The molecule has 0 bridgehead atoms. The Kier molecular flexibility index (Phi) is 4.52. The van der Waals surface area contributed by atoms with Crippen molar-refractivity contribution in [2.75, 3.05) is 11.3 Å². The highest BCUT2D eigenvalue weighted by molar-refractivity contribution is 7.94. The average Bonchev–Trinajstić information content (AvgIpc) is 2.81. The number of aromatic nitrogens is 1. The van der Waals surface area contributed by atoms with Crippen LogP contribution in [0.1, 0.15) is 12.5 Å². The molecule has 5 nitrogen and oxygen atoms in total. The Bertz CT molecular complexity index is 713. The van der Waals surface area contributed by atoms with Gasteiger partial charge in [0.25, 0.3) is 10.0 Å². The molecule has 0 aliphatic rings. The van der Waals surface area contributed by atoms with Crippen LogP contribution in [0.3, 0.4) is 0 Å². The first-order chi connectivity index (χ1) is 9.42. The van der Waals surface area contributed by atoms with Crippen molar-refractivity contribution in [3.8, 4) is 5.75 Å². The first kappa shape index (κ1) is 15.1. The Hall–Kier alpha value is -1.31. The normalized spacial score (nSPS) is 11.3. The van der Waals surface area contributed by atoms with Crippen LogP contribution in [-0.2, 0) is 10.0 Å². The van der Waals surface area contributed by atoms with Crippen LogP contribution in [0.25, 0.3) is 0 Å². The fraction of sp³-hybridized carbons (Fsp3) is 0.250. The SMILES string of the molecule is CCOc1ccc(NS(=O)(=O)c2cnc(Cl)s2)c(C)c1. The molecule has 1 heterocycles. The quantitative estimate of drug-likeness (QED) is 0.912. The van der Waals surface area contributed by atoms with Gasteiger partial charge < -0.3 is 4.74 Å². The number of hydrogen-bond donors (Lipinski definition) is 1. The molecule has 0 aliphatic carbocycles. The lowest BCUT2D eigenvalue weighted by atomic mass is 10.2. The number of ether oxygens (including phenoxy) is 1. The maximum atomic E-state index is 12.1.